The van der Waals surface area contributed by atoms with Crippen molar-refractivity contribution < 1.29 is 4.52 Å². The highest BCUT2D eigenvalue weighted by Crippen LogP contribution is 2.19. The summed E-state index contributed by atoms with van der Waals surface area (Å²) >= 11 is 7.85. The van der Waals surface area contributed by atoms with Gasteiger partial charge in [-0.1, -0.05) is 16.8 Å². The molecule has 0 radical (unpaired) electrons. The van der Waals surface area contributed by atoms with Crippen molar-refractivity contribution in [3.05, 3.63) is 35.2 Å². The molecule has 0 unspecified atom stereocenters. The molecule has 0 spiro atoms. The maximum Gasteiger partial charge on any atom is 0.241 e. The second-order valence-electron chi connectivity index (χ2n) is 4.41. The lowest BCUT2D eigenvalue weighted by Crippen LogP contribution is -2.32. The number of hydrogen-bond acceptors (Lipinski definition) is 5. The molecule has 4 nitrogen and oxygen atoms in total. The first kappa shape index (κ1) is 13.0. The van der Waals surface area contributed by atoms with Gasteiger partial charge in [0.25, 0.3) is 0 Å². The van der Waals surface area contributed by atoms with Crippen LogP contribution in [0, 0.1) is 0 Å². The lowest BCUT2D eigenvalue weighted by Gasteiger charge is -2.24. The lowest BCUT2D eigenvalue weighted by molar-refractivity contribution is 0.245. The zero-order chi connectivity index (χ0) is 13.1. The molecule has 19 heavy (non-hydrogen) atoms. The molecule has 1 aromatic heterocycles. The Hall–Kier alpha value is -1.04. The first-order chi connectivity index (χ1) is 9.31. The molecule has 1 aliphatic rings. The van der Waals surface area contributed by atoms with Gasteiger partial charge in [0.15, 0.2) is 0 Å². The van der Waals surface area contributed by atoms with Gasteiger partial charge in [-0.2, -0.15) is 16.7 Å². The van der Waals surface area contributed by atoms with Crippen molar-refractivity contribution in [1.29, 1.82) is 0 Å². The minimum atomic E-state index is 0.623. The fourth-order valence-corrected chi connectivity index (χ4v) is 3.09. The lowest BCUT2D eigenvalue weighted by atomic mass is 10.2. The normalized spacial score (nSPS) is 16.7. The van der Waals surface area contributed by atoms with E-state index in [9.17, 15) is 0 Å². The molecule has 2 heterocycles. The number of thioether (sulfide) groups is 1. The topological polar surface area (TPSA) is 42.2 Å². The van der Waals surface area contributed by atoms with Crippen molar-refractivity contribution in [3.8, 4) is 11.4 Å². The second kappa shape index (κ2) is 5.94. The van der Waals surface area contributed by atoms with E-state index in [0.29, 0.717) is 16.7 Å². The monoisotopic (exact) mass is 295 g/mol. The zero-order valence-corrected chi connectivity index (χ0v) is 12.0. The van der Waals surface area contributed by atoms with E-state index in [0.717, 1.165) is 25.2 Å². The van der Waals surface area contributed by atoms with E-state index in [4.69, 9.17) is 16.1 Å². The quantitative estimate of drug-likeness (QED) is 0.871. The maximum atomic E-state index is 5.86. The van der Waals surface area contributed by atoms with Crippen LogP contribution in [0.15, 0.2) is 28.8 Å². The Morgan fingerprint density at radius 2 is 1.95 bits per heavy atom. The SMILES string of the molecule is Clc1ccc(-c2noc(CN3CCSCC3)n2)cc1. The number of rotatable bonds is 3. The van der Waals surface area contributed by atoms with Crippen LogP contribution in [0.4, 0.5) is 0 Å². The fourth-order valence-electron chi connectivity index (χ4n) is 1.99. The molecule has 2 aromatic rings. The standard InChI is InChI=1S/C13H14ClN3OS/c14-11-3-1-10(2-4-11)13-15-12(18-16-13)9-17-5-7-19-8-6-17/h1-4H,5-9H2. The highest BCUT2D eigenvalue weighted by molar-refractivity contribution is 7.99. The van der Waals surface area contributed by atoms with Gasteiger partial charge in [0.2, 0.25) is 11.7 Å². The number of hydrogen-bond donors (Lipinski definition) is 0. The Morgan fingerprint density at radius 3 is 2.68 bits per heavy atom. The highest BCUT2D eigenvalue weighted by atomic mass is 35.5. The largest absolute Gasteiger partial charge is 0.338 e. The van der Waals surface area contributed by atoms with E-state index < -0.39 is 0 Å². The van der Waals surface area contributed by atoms with Crippen LogP contribution in [0.2, 0.25) is 5.02 Å². The van der Waals surface area contributed by atoms with Gasteiger partial charge in [-0.3, -0.25) is 4.90 Å². The van der Waals surface area contributed by atoms with Gasteiger partial charge in [-0.15, -0.1) is 0 Å². The van der Waals surface area contributed by atoms with Crippen molar-refractivity contribution in [2.24, 2.45) is 0 Å². The zero-order valence-electron chi connectivity index (χ0n) is 10.4. The summed E-state index contributed by atoms with van der Waals surface area (Å²) in [5, 5.41) is 4.73. The Kier molecular flexibility index (Phi) is 4.06. The first-order valence-electron chi connectivity index (χ1n) is 6.20. The second-order valence-corrected chi connectivity index (χ2v) is 6.07. The van der Waals surface area contributed by atoms with Gasteiger partial charge in [0, 0.05) is 35.2 Å². The van der Waals surface area contributed by atoms with Crippen molar-refractivity contribution in [3.63, 3.8) is 0 Å². The Morgan fingerprint density at radius 1 is 1.21 bits per heavy atom. The van der Waals surface area contributed by atoms with Gasteiger partial charge >= 0.3 is 0 Å². The molecule has 1 saturated heterocycles. The summed E-state index contributed by atoms with van der Waals surface area (Å²) in [6.07, 6.45) is 0. The van der Waals surface area contributed by atoms with E-state index >= 15 is 0 Å². The van der Waals surface area contributed by atoms with Gasteiger partial charge < -0.3 is 4.52 Å². The molecule has 0 saturated carbocycles. The number of nitrogens with zero attached hydrogens (tertiary/aromatic N) is 3. The van der Waals surface area contributed by atoms with Gasteiger partial charge in [0.05, 0.1) is 6.54 Å². The van der Waals surface area contributed by atoms with Crippen LogP contribution in [0.3, 0.4) is 0 Å². The van der Waals surface area contributed by atoms with Crippen molar-refractivity contribution in [2.75, 3.05) is 24.6 Å². The molecule has 1 fully saturated rings. The minimum absolute atomic E-state index is 0.623. The predicted molar refractivity (Wildman–Crippen MR) is 77.3 cm³/mol. The fraction of sp³-hybridized carbons (Fsp3) is 0.385. The van der Waals surface area contributed by atoms with Crippen LogP contribution in [0.1, 0.15) is 5.89 Å². The van der Waals surface area contributed by atoms with Crippen LogP contribution >= 0.6 is 23.4 Å². The summed E-state index contributed by atoms with van der Waals surface area (Å²) in [7, 11) is 0. The molecule has 0 aliphatic carbocycles. The average Bonchev–Trinajstić information content (AvgIpc) is 2.89. The summed E-state index contributed by atoms with van der Waals surface area (Å²) in [5.74, 6) is 3.66. The third-order valence-electron chi connectivity index (χ3n) is 3.03. The molecule has 1 aromatic carbocycles. The summed E-state index contributed by atoms with van der Waals surface area (Å²) in [4.78, 5) is 6.78. The molecule has 3 rings (SSSR count). The minimum Gasteiger partial charge on any atom is -0.338 e. The Bertz CT molecular complexity index is 537. The van der Waals surface area contributed by atoms with Crippen LogP contribution < -0.4 is 0 Å². The van der Waals surface area contributed by atoms with Gasteiger partial charge in [-0.05, 0) is 24.3 Å². The molecule has 0 N–H and O–H groups in total. The number of aromatic nitrogens is 2. The van der Waals surface area contributed by atoms with E-state index in [1.807, 2.05) is 36.0 Å². The molecule has 0 bridgehead atoms. The molecular formula is C13H14ClN3OS. The van der Waals surface area contributed by atoms with Crippen LogP contribution in [0.25, 0.3) is 11.4 Å². The highest BCUT2D eigenvalue weighted by Gasteiger charge is 2.15. The average molecular weight is 296 g/mol. The predicted octanol–water partition coefficient (Wildman–Crippen LogP) is 2.94. The molecule has 0 amide bonds. The third-order valence-corrected chi connectivity index (χ3v) is 4.23. The van der Waals surface area contributed by atoms with E-state index in [1.54, 1.807) is 0 Å². The number of benzene rings is 1. The van der Waals surface area contributed by atoms with E-state index in [1.165, 1.54) is 11.5 Å². The van der Waals surface area contributed by atoms with Crippen LogP contribution in [-0.4, -0.2) is 39.6 Å². The van der Waals surface area contributed by atoms with Gasteiger partial charge in [-0.25, -0.2) is 0 Å². The van der Waals surface area contributed by atoms with Crippen molar-refractivity contribution >= 4 is 23.4 Å². The maximum absolute atomic E-state index is 5.86. The van der Waals surface area contributed by atoms with Crippen molar-refractivity contribution in [1.82, 2.24) is 15.0 Å². The smallest absolute Gasteiger partial charge is 0.241 e. The van der Waals surface area contributed by atoms with Crippen molar-refractivity contribution in [2.45, 2.75) is 6.54 Å². The third kappa shape index (κ3) is 3.29. The first-order valence-corrected chi connectivity index (χ1v) is 7.73. The summed E-state index contributed by atoms with van der Waals surface area (Å²) in [5.41, 5.74) is 0.925. The molecule has 100 valence electrons. The molecular weight excluding hydrogens is 282 g/mol. The summed E-state index contributed by atoms with van der Waals surface area (Å²) in [6, 6.07) is 7.45. The van der Waals surface area contributed by atoms with E-state index in [2.05, 4.69) is 15.0 Å². The summed E-state index contributed by atoms with van der Waals surface area (Å²) < 4.78 is 5.31. The molecule has 0 atom stereocenters. The van der Waals surface area contributed by atoms with Crippen LogP contribution in [-0.2, 0) is 6.54 Å². The van der Waals surface area contributed by atoms with Crippen LogP contribution in [0.5, 0.6) is 0 Å². The molecule has 1 aliphatic heterocycles. The molecule has 6 heteroatoms. The number of halogens is 1. The summed E-state index contributed by atoms with van der Waals surface area (Å²) in [6.45, 7) is 2.91. The van der Waals surface area contributed by atoms with Gasteiger partial charge in [0.1, 0.15) is 0 Å². The Balaban J connectivity index is 1.70. The van der Waals surface area contributed by atoms with E-state index in [-0.39, 0.29) is 0 Å². The Labute approximate surface area is 121 Å².